The van der Waals surface area contributed by atoms with Gasteiger partial charge >= 0.3 is 6.09 Å². The molecular formula is C14H20N2O3. The second-order valence-electron chi connectivity index (χ2n) is 4.99. The molecule has 0 radical (unpaired) electrons. The summed E-state index contributed by atoms with van der Waals surface area (Å²) in [5, 5.41) is 9.18. The van der Waals surface area contributed by atoms with Crippen molar-refractivity contribution >= 4 is 6.09 Å². The van der Waals surface area contributed by atoms with Gasteiger partial charge in [-0.25, -0.2) is 4.79 Å². The van der Waals surface area contributed by atoms with Crippen LogP contribution in [0, 0.1) is 5.92 Å². The van der Waals surface area contributed by atoms with Crippen LogP contribution in [-0.2, 0) is 11.3 Å². The van der Waals surface area contributed by atoms with Crippen molar-refractivity contribution in [3.05, 3.63) is 35.9 Å². The summed E-state index contributed by atoms with van der Waals surface area (Å²) >= 11 is 0. The number of carbonyl (C=O) groups is 1. The Kier molecular flexibility index (Phi) is 4.76. The van der Waals surface area contributed by atoms with E-state index < -0.39 is 0 Å². The summed E-state index contributed by atoms with van der Waals surface area (Å²) in [4.78, 5) is 13.5. The monoisotopic (exact) mass is 264 g/mol. The molecule has 0 aromatic heterocycles. The van der Waals surface area contributed by atoms with Crippen molar-refractivity contribution in [2.75, 3.05) is 19.7 Å². The van der Waals surface area contributed by atoms with Crippen LogP contribution in [0.4, 0.5) is 4.79 Å². The smallest absolute Gasteiger partial charge is 0.410 e. The van der Waals surface area contributed by atoms with Gasteiger partial charge in [0.15, 0.2) is 0 Å². The lowest BCUT2D eigenvalue weighted by Crippen LogP contribution is -2.50. The zero-order valence-corrected chi connectivity index (χ0v) is 10.9. The number of nitrogens with zero attached hydrogens (tertiary/aromatic N) is 1. The van der Waals surface area contributed by atoms with Crippen molar-refractivity contribution < 1.29 is 14.6 Å². The summed E-state index contributed by atoms with van der Waals surface area (Å²) in [5.74, 6) is 0.0491. The van der Waals surface area contributed by atoms with Crippen LogP contribution < -0.4 is 5.73 Å². The fraction of sp³-hybridized carbons (Fsp3) is 0.500. The molecule has 0 saturated carbocycles. The molecule has 19 heavy (non-hydrogen) atoms. The first kappa shape index (κ1) is 13.8. The maximum atomic E-state index is 11.9. The summed E-state index contributed by atoms with van der Waals surface area (Å²) in [6.45, 7) is 1.31. The normalized spacial score (nSPS) is 23.2. The molecule has 1 saturated heterocycles. The second kappa shape index (κ2) is 6.54. The Labute approximate surface area is 113 Å². The standard InChI is InChI=1S/C14H20N2O3/c15-13-6-12(9-17)7-16(8-13)14(18)19-10-11-4-2-1-3-5-11/h1-5,12-13,17H,6-10,15H2. The molecule has 1 aromatic carbocycles. The Morgan fingerprint density at radius 3 is 2.79 bits per heavy atom. The van der Waals surface area contributed by atoms with E-state index in [2.05, 4.69) is 0 Å². The van der Waals surface area contributed by atoms with Crippen LogP contribution in [0.3, 0.4) is 0 Å². The molecule has 5 heteroatoms. The molecule has 1 fully saturated rings. The molecule has 5 nitrogen and oxygen atoms in total. The van der Waals surface area contributed by atoms with Crippen molar-refractivity contribution in [3.8, 4) is 0 Å². The average molecular weight is 264 g/mol. The Morgan fingerprint density at radius 2 is 2.11 bits per heavy atom. The number of hydrogen-bond acceptors (Lipinski definition) is 4. The van der Waals surface area contributed by atoms with E-state index in [0.717, 1.165) is 12.0 Å². The van der Waals surface area contributed by atoms with Gasteiger partial charge in [0.25, 0.3) is 0 Å². The number of likely N-dealkylation sites (tertiary alicyclic amines) is 1. The highest BCUT2D eigenvalue weighted by Gasteiger charge is 2.28. The predicted molar refractivity (Wildman–Crippen MR) is 71.4 cm³/mol. The Bertz CT molecular complexity index is 410. The Hall–Kier alpha value is -1.59. The number of rotatable bonds is 3. The van der Waals surface area contributed by atoms with E-state index in [1.54, 1.807) is 4.90 Å². The largest absolute Gasteiger partial charge is 0.445 e. The first-order valence-electron chi connectivity index (χ1n) is 6.51. The molecule has 0 aliphatic carbocycles. The molecule has 2 atom stereocenters. The number of amides is 1. The van der Waals surface area contributed by atoms with Crippen LogP contribution in [0.1, 0.15) is 12.0 Å². The molecule has 1 aliphatic rings. The van der Waals surface area contributed by atoms with Gasteiger partial charge in [0.05, 0.1) is 0 Å². The Morgan fingerprint density at radius 1 is 1.37 bits per heavy atom. The molecular weight excluding hydrogens is 244 g/mol. The van der Waals surface area contributed by atoms with Gasteiger partial charge in [-0.2, -0.15) is 0 Å². The number of carbonyl (C=O) groups excluding carboxylic acids is 1. The fourth-order valence-electron chi connectivity index (χ4n) is 2.34. The molecule has 0 bridgehead atoms. The van der Waals surface area contributed by atoms with Gasteiger partial charge in [-0.15, -0.1) is 0 Å². The minimum absolute atomic E-state index is 0.0491. The first-order chi connectivity index (χ1) is 9.19. The third kappa shape index (κ3) is 3.94. The molecule has 2 rings (SSSR count). The van der Waals surface area contributed by atoms with Crippen molar-refractivity contribution in [1.82, 2.24) is 4.90 Å². The first-order valence-corrected chi connectivity index (χ1v) is 6.51. The average Bonchev–Trinajstić information content (AvgIpc) is 2.45. The van der Waals surface area contributed by atoms with Gasteiger partial charge in [0, 0.05) is 31.7 Å². The molecule has 3 N–H and O–H groups in total. The van der Waals surface area contributed by atoms with E-state index in [1.165, 1.54) is 0 Å². The molecule has 1 amide bonds. The SMILES string of the molecule is NC1CC(CO)CN(C(=O)OCc2ccccc2)C1. The zero-order valence-electron chi connectivity index (χ0n) is 10.9. The quantitative estimate of drug-likeness (QED) is 0.852. The van der Waals surface area contributed by atoms with Crippen molar-refractivity contribution in [1.29, 1.82) is 0 Å². The number of nitrogens with two attached hydrogens (primary N) is 1. The van der Waals surface area contributed by atoms with E-state index in [4.69, 9.17) is 10.5 Å². The summed E-state index contributed by atoms with van der Waals surface area (Å²) in [7, 11) is 0. The van der Waals surface area contributed by atoms with E-state index in [0.29, 0.717) is 13.1 Å². The fourth-order valence-corrected chi connectivity index (χ4v) is 2.34. The summed E-state index contributed by atoms with van der Waals surface area (Å²) in [5.41, 5.74) is 6.83. The van der Waals surface area contributed by atoms with Crippen LogP contribution in [0.25, 0.3) is 0 Å². The lowest BCUT2D eigenvalue weighted by atomic mass is 9.96. The van der Waals surface area contributed by atoms with E-state index in [1.807, 2.05) is 30.3 Å². The number of aliphatic hydroxyl groups is 1. The number of aliphatic hydroxyl groups excluding tert-OH is 1. The summed E-state index contributed by atoms with van der Waals surface area (Å²) in [6.07, 6.45) is 0.386. The molecule has 2 unspecified atom stereocenters. The van der Waals surface area contributed by atoms with Crippen molar-refractivity contribution in [2.45, 2.75) is 19.1 Å². The number of benzene rings is 1. The van der Waals surface area contributed by atoms with Crippen LogP contribution in [0.15, 0.2) is 30.3 Å². The molecule has 1 aromatic rings. The molecule has 0 spiro atoms. The third-order valence-corrected chi connectivity index (χ3v) is 3.29. The molecule has 1 heterocycles. The van der Waals surface area contributed by atoms with Crippen LogP contribution >= 0.6 is 0 Å². The third-order valence-electron chi connectivity index (χ3n) is 3.29. The molecule has 104 valence electrons. The second-order valence-corrected chi connectivity index (χ2v) is 4.99. The van der Waals surface area contributed by atoms with Gasteiger partial charge in [-0.05, 0) is 12.0 Å². The maximum Gasteiger partial charge on any atom is 0.410 e. The number of ether oxygens (including phenoxy) is 1. The van der Waals surface area contributed by atoms with Gasteiger partial charge in [0.1, 0.15) is 6.61 Å². The highest BCUT2D eigenvalue weighted by atomic mass is 16.6. The van der Waals surface area contributed by atoms with E-state index in [-0.39, 0.29) is 31.3 Å². The molecule has 1 aliphatic heterocycles. The van der Waals surface area contributed by atoms with Gasteiger partial charge in [-0.3, -0.25) is 0 Å². The predicted octanol–water partition coefficient (Wildman–Crippen LogP) is 0.965. The van der Waals surface area contributed by atoms with Crippen molar-refractivity contribution in [2.24, 2.45) is 11.7 Å². The van der Waals surface area contributed by atoms with Crippen molar-refractivity contribution in [3.63, 3.8) is 0 Å². The van der Waals surface area contributed by atoms with Gasteiger partial charge < -0.3 is 20.5 Å². The van der Waals surface area contributed by atoms with Gasteiger partial charge in [0.2, 0.25) is 0 Å². The zero-order chi connectivity index (χ0) is 13.7. The highest BCUT2D eigenvalue weighted by Crippen LogP contribution is 2.16. The lowest BCUT2D eigenvalue weighted by molar-refractivity contribution is 0.0632. The minimum atomic E-state index is -0.363. The summed E-state index contributed by atoms with van der Waals surface area (Å²) < 4.78 is 5.26. The van der Waals surface area contributed by atoms with Crippen LogP contribution in [0.2, 0.25) is 0 Å². The maximum absolute atomic E-state index is 11.9. The topological polar surface area (TPSA) is 75.8 Å². The van der Waals surface area contributed by atoms with Crippen LogP contribution in [0.5, 0.6) is 0 Å². The van der Waals surface area contributed by atoms with Gasteiger partial charge in [-0.1, -0.05) is 30.3 Å². The lowest BCUT2D eigenvalue weighted by Gasteiger charge is -2.34. The highest BCUT2D eigenvalue weighted by molar-refractivity contribution is 5.67. The summed E-state index contributed by atoms with van der Waals surface area (Å²) in [6, 6.07) is 9.46. The van der Waals surface area contributed by atoms with E-state index >= 15 is 0 Å². The number of hydrogen-bond donors (Lipinski definition) is 2. The number of piperidine rings is 1. The van der Waals surface area contributed by atoms with Crippen LogP contribution in [-0.4, -0.2) is 41.8 Å². The van der Waals surface area contributed by atoms with E-state index in [9.17, 15) is 9.90 Å². The minimum Gasteiger partial charge on any atom is -0.445 e. The Balaban J connectivity index is 1.85.